The zero-order valence-electron chi connectivity index (χ0n) is 24.1. The molecule has 3 aromatic carbocycles. The van der Waals surface area contributed by atoms with Crippen molar-refractivity contribution in [3.63, 3.8) is 0 Å². The molecule has 1 unspecified atom stereocenters. The summed E-state index contributed by atoms with van der Waals surface area (Å²) in [6.45, 7) is 7.65. The van der Waals surface area contributed by atoms with Crippen LogP contribution in [0.3, 0.4) is 0 Å². The van der Waals surface area contributed by atoms with Gasteiger partial charge in [0.15, 0.2) is 0 Å². The van der Waals surface area contributed by atoms with Crippen LogP contribution in [0, 0.1) is 18.7 Å². The first-order valence-corrected chi connectivity index (χ1v) is 14.9. The van der Waals surface area contributed by atoms with Gasteiger partial charge in [-0.1, -0.05) is 50.6 Å². The SMILES string of the molecule is CCC(C(=O)NCC(C)C)N(Cc1ccc(C)cc1)C(=O)CN(c1ccc(F)cc1)S(=O)(=O)c1ccc(OC)cc1. The summed E-state index contributed by atoms with van der Waals surface area (Å²) in [5, 5.41) is 2.90. The van der Waals surface area contributed by atoms with Crippen LogP contribution >= 0.6 is 0 Å². The molecule has 220 valence electrons. The quantitative estimate of drug-likeness (QED) is 0.308. The first-order chi connectivity index (χ1) is 19.5. The molecule has 8 nitrogen and oxygen atoms in total. The summed E-state index contributed by atoms with van der Waals surface area (Å²) >= 11 is 0. The number of carbonyl (C=O) groups excluding carboxylic acids is 2. The van der Waals surface area contributed by atoms with Crippen LogP contribution in [0.2, 0.25) is 0 Å². The molecule has 0 saturated carbocycles. The van der Waals surface area contributed by atoms with Crippen LogP contribution in [-0.4, -0.2) is 51.4 Å². The van der Waals surface area contributed by atoms with Gasteiger partial charge in [-0.2, -0.15) is 0 Å². The molecule has 3 aromatic rings. The smallest absolute Gasteiger partial charge is 0.264 e. The number of anilines is 1. The highest BCUT2D eigenvalue weighted by atomic mass is 32.2. The predicted octanol–water partition coefficient (Wildman–Crippen LogP) is 4.92. The lowest BCUT2D eigenvalue weighted by molar-refractivity contribution is -0.140. The van der Waals surface area contributed by atoms with Gasteiger partial charge in [0.1, 0.15) is 24.2 Å². The van der Waals surface area contributed by atoms with Crippen molar-refractivity contribution in [3.8, 4) is 5.75 Å². The molecule has 0 aliphatic carbocycles. The van der Waals surface area contributed by atoms with Gasteiger partial charge in [0.25, 0.3) is 10.0 Å². The highest BCUT2D eigenvalue weighted by Crippen LogP contribution is 2.26. The number of sulfonamides is 1. The zero-order valence-corrected chi connectivity index (χ0v) is 24.9. The summed E-state index contributed by atoms with van der Waals surface area (Å²) in [5.41, 5.74) is 1.95. The molecule has 3 rings (SSSR count). The molecular weight excluding hydrogens is 545 g/mol. The van der Waals surface area contributed by atoms with Gasteiger partial charge in [0.2, 0.25) is 11.8 Å². The fourth-order valence-corrected chi connectivity index (χ4v) is 5.66. The van der Waals surface area contributed by atoms with E-state index in [2.05, 4.69) is 5.32 Å². The van der Waals surface area contributed by atoms with Crippen molar-refractivity contribution in [2.75, 3.05) is 24.5 Å². The minimum absolute atomic E-state index is 0.0674. The minimum Gasteiger partial charge on any atom is -0.497 e. The highest BCUT2D eigenvalue weighted by Gasteiger charge is 2.33. The zero-order chi connectivity index (χ0) is 30.2. The molecular formula is C31H38FN3O5S. The topological polar surface area (TPSA) is 96.0 Å². The number of nitrogens with zero attached hydrogens (tertiary/aromatic N) is 2. The Morgan fingerprint density at radius 3 is 2.10 bits per heavy atom. The predicted molar refractivity (Wildman–Crippen MR) is 158 cm³/mol. The number of rotatable bonds is 13. The Bertz CT molecular complexity index is 1410. The van der Waals surface area contributed by atoms with E-state index in [0.717, 1.165) is 27.6 Å². The van der Waals surface area contributed by atoms with E-state index < -0.39 is 34.3 Å². The number of hydrogen-bond acceptors (Lipinski definition) is 5. The van der Waals surface area contributed by atoms with E-state index in [0.29, 0.717) is 18.7 Å². The maximum absolute atomic E-state index is 14.0. The Labute approximate surface area is 242 Å². The van der Waals surface area contributed by atoms with E-state index in [-0.39, 0.29) is 29.0 Å². The molecule has 1 N–H and O–H groups in total. The summed E-state index contributed by atoms with van der Waals surface area (Å²) in [7, 11) is -2.80. The molecule has 0 radical (unpaired) electrons. The number of benzene rings is 3. The average molecular weight is 584 g/mol. The molecule has 0 aromatic heterocycles. The lowest BCUT2D eigenvalue weighted by Gasteiger charge is -2.33. The van der Waals surface area contributed by atoms with Crippen molar-refractivity contribution in [2.45, 2.75) is 51.6 Å². The number of methoxy groups -OCH3 is 1. The minimum atomic E-state index is -4.27. The third-order valence-corrected chi connectivity index (χ3v) is 8.37. The first-order valence-electron chi connectivity index (χ1n) is 13.5. The average Bonchev–Trinajstić information content (AvgIpc) is 2.96. The number of halogens is 1. The van der Waals surface area contributed by atoms with E-state index in [1.807, 2.05) is 45.0 Å². The van der Waals surface area contributed by atoms with Crippen LogP contribution in [0.1, 0.15) is 38.3 Å². The molecule has 0 fully saturated rings. The molecule has 0 aliphatic heterocycles. The van der Waals surface area contributed by atoms with Crippen LogP contribution < -0.4 is 14.4 Å². The fourth-order valence-electron chi connectivity index (χ4n) is 4.24. The van der Waals surface area contributed by atoms with Gasteiger partial charge in [-0.25, -0.2) is 12.8 Å². The Kier molecular flexibility index (Phi) is 10.9. The number of amides is 2. The van der Waals surface area contributed by atoms with Gasteiger partial charge in [0, 0.05) is 13.1 Å². The Hall–Kier alpha value is -3.92. The van der Waals surface area contributed by atoms with Crippen molar-refractivity contribution in [2.24, 2.45) is 5.92 Å². The van der Waals surface area contributed by atoms with Crippen LogP contribution in [0.15, 0.2) is 77.7 Å². The summed E-state index contributed by atoms with van der Waals surface area (Å²) < 4.78 is 47.6. The summed E-state index contributed by atoms with van der Waals surface area (Å²) in [6, 6.07) is 17.4. The third-order valence-electron chi connectivity index (χ3n) is 6.58. The van der Waals surface area contributed by atoms with E-state index in [1.165, 1.54) is 48.4 Å². The molecule has 0 bridgehead atoms. The number of ether oxygens (including phenoxy) is 1. The molecule has 0 heterocycles. The maximum atomic E-state index is 14.0. The first kappa shape index (κ1) is 31.6. The van der Waals surface area contributed by atoms with Crippen molar-refractivity contribution in [1.82, 2.24) is 10.2 Å². The molecule has 2 amide bonds. The molecule has 41 heavy (non-hydrogen) atoms. The van der Waals surface area contributed by atoms with Gasteiger partial charge in [-0.3, -0.25) is 13.9 Å². The van der Waals surface area contributed by atoms with Gasteiger partial charge in [0.05, 0.1) is 17.7 Å². The number of nitrogens with one attached hydrogen (secondary N) is 1. The van der Waals surface area contributed by atoms with Crippen LogP contribution in [0.25, 0.3) is 0 Å². The normalized spacial score (nSPS) is 12.1. The van der Waals surface area contributed by atoms with Crippen molar-refractivity contribution < 1.29 is 27.1 Å². The number of aryl methyl sites for hydroxylation is 1. The molecule has 10 heteroatoms. The summed E-state index contributed by atoms with van der Waals surface area (Å²) in [4.78, 5) is 28.6. The van der Waals surface area contributed by atoms with E-state index >= 15 is 0 Å². The monoisotopic (exact) mass is 583 g/mol. The summed E-state index contributed by atoms with van der Waals surface area (Å²) in [5.74, 6) is -0.751. The third kappa shape index (κ3) is 8.29. The number of hydrogen-bond donors (Lipinski definition) is 1. The van der Waals surface area contributed by atoms with Gasteiger partial charge in [-0.05, 0) is 73.4 Å². The molecule has 0 saturated heterocycles. The highest BCUT2D eigenvalue weighted by molar-refractivity contribution is 7.92. The lowest BCUT2D eigenvalue weighted by Crippen LogP contribution is -2.52. The van der Waals surface area contributed by atoms with E-state index in [9.17, 15) is 22.4 Å². The second-order valence-corrected chi connectivity index (χ2v) is 12.1. The molecule has 1 atom stereocenters. The van der Waals surface area contributed by atoms with Gasteiger partial charge >= 0.3 is 0 Å². The van der Waals surface area contributed by atoms with Crippen molar-refractivity contribution >= 4 is 27.5 Å². The van der Waals surface area contributed by atoms with Crippen molar-refractivity contribution in [1.29, 1.82) is 0 Å². The second-order valence-electron chi connectivity index (χ2n) is 10.2. The fraction of sp³-hybridized carbons (Fsp3) is 0.355. The van der Waals surface area contributed by atoms with Crippen LogP contribution in [0.4, 0.5) is 10.1 Å². The Morgan fingerprint density at radius 2 is 1.56 bits per heavy atom. The maximum Gasteiger partial charge on any atom is 0.264 e. The van der Waals surface area contributed by atoms with Crippen LogP contribution in [0.5, 0.6) is 5.75 Å². The van der Waals surface area contributed by atoms with Crippen molar-refractivity contribution in [3.05, 3.63) is 89.7 Å². The lowest BCUT2D eigenvalue weighted by atomic mass is 10.1. The van der Waals surface area contributed by atoms with Crippen LogP contribution in [-0.2, 0) is 26.2 Å². The Balaban J connectivity index is 2.03. The Morgan fingerprint density at radius 1 is 0.951 bits per heavy atom. The van der Waals surface area contributed by atoms with Gasteiger partial charge in [-0.15, -0.1) is 0 Å². The van der Waals surface area contributed by atoms with E-state index in [1.54, 1.807) is 6.92 Å². The molecule has 0 spiro atoms. The standard InChI is InChI=1S/C31H38FN3O5S/c1-6-29(31(37)33-19-22(2)3)34(20-24-9-7-23(4)8-10-24)30(36)21-35(26-13-11-25(32)12-14-26)41(38,39)28-17-15-27(40-5)16-18-28/h7-18,22,29H,6,19-21H2,1-5H3,(H,33,37). The molecule has 0 aliphatic rings. The largest absolute Gasteiger partial charge is 0.497 e. The number of carbonyl (C=O) groups is 2. The second kappa shape index (κ2) is 14.1. The van der Waals surface area contributed by atoms with Gasteiger partial charge < -0.3 is 15.0 Å². The van der Waals surface area contributed by atoms with E-state index in [4.69, 9.17) is 4.74 Å². The summed E-state index contributed by atoms with van der Waals surface area (Å²) in [6.07, 6.45) is 0.323.